The fraction of sp³-hybridized carbons (Fsp3) is 0. The molecular weight excluding hydrogens is 388 g/mol. The normalized spacial score (nSPS) is 10.5. The minimum absolute atomic E-state index is 0.0133. The minimum atomic E-state index is -0.454. The van der Waals surface area contributed by atoms with Crippen LogP contribution in [-0.4, -0.2) is 14.7 Å². The maximum absolute atomic E-state index is 11.0. The first-order valence-corrected chi connectivity index (χ1v) is 9.05. The second kappa shape index (κ2) is 7.58. The van der Waals surface area contributed by atoms with Crippen molar-refractivity contribution >= 4 is 17.3 Å². The highest BCUT2D eigenvalue weighted by atomic mass is 35.5. The molecular formula is C22H13ClN4O2. The van der Waals surface area contributed by atoms with E-state index in [4.69, 9.17) is 11.6 Å². The molecule has 0 aliphatic carbocycles. The van der Waals surface area contributed by atoms with E-state index in [0.29, 0.717) is 27.7 Å². The number of hydrogen-bond acceptors (Lipinski definition) is 4. The van der Waals surface area contributed by atoms with E-state index in [0.717, 1.165) is 11.1 Å². The summed E-state index contributed by atoms with van der Waals surface area (Å²) >= 11 is 6.00. The topological polar surface area (TPSA) is 84.8 Å². The van der Waals surface area contributed by atoms with Gasteiger partial charge in [-0.15, -0.1) is 0 Å². The molecule has 0 aliphatic heterocycles. The van der Waals surface area contributed by atoms with Crippen LogP contribution < -0.4 is 0 Å². The summed E-state index contributed by atoms with van der Waals surface area (Å²) in [5.41, 5.74) is 3.72. The van der Waals surface area contributed by atoms with Crippen molar-refractivity contribution in [1.29, 1.82) is 5.26 Å². The molecule has 0 spiro atoms. The number of rotatable bonds is 4. The summed E-state index contributed by atoms with van der Waals surface area (Å²) in [6.45, 7) is 0. The minimum Gasteiger partial charge on any atom is -0.258 e. The molecule has 29 heavy (non-hydrogen) atoms. The summed E-state index contributed by atoms with van der Waals surface area (Å²) < 4.78 is 1.64. The summed E-state index contributed by atoms with van der Waals surface area (Å²) in [5, 5.41) is 26.2. The predicted molar refractivity (Wildman–Crippen MR) is 111 cm³/mol. The van der Waals surface area contributed by atoms with Crippen LogP contribution in [0.3, 0.4) is 0 Å². The lowest BCUT2D eigenvalue weighted by molar-refractivity contribution is -0.384. The van der Waals surface area contributed by atoms with Gasteiger partial charge in [0, 0.05) is 28.3 Å². The maximum atomic E-state index is 11.0. The molecule has 0 unspecified atom stereocenters. The molecule has 0 N–H and O–H groups in total. The van der Waals surface area contributed by atoms with Gasteiger partial charge in [-0.25, -0.2) is 4.68 Å². The summed E-state index contributed by atoms with van der Waals surface area (Å²) in [6.07, 6.45) is 0. The number of hydrogen-bond donors (Lipinski definition) is 0. The highest BCUT2D eigenvalue weighted by Gasteiger charge is 2.22. The van der Waals surface area contributed by atoms with E-state index in [1.165, 1.54) is 12.1 Å². The van der Waals surface area contributed by atoms with Crippen molar-refractivity contribution in [3.8, 4) is 34.3 Å². The fourth-order valence-corrected chi connectivity index (χ4v) is 3.22. The highest BCUT2D eigenvalue weighted by Crippen LogP contribution is 2.34. The standard InChI is InChI=1S/C22H13ClN4O2/c23-17-8-6-15(7-9-17)21-20(14-24)22(16-4-2-1-3-5-16)26(25-21)18-10-12-19(13-11-18)27(28)29/h1-13H. The van der Waals surface area contributed by atoms with Crippen molar-refractivity contribution in [3.05, 3.63) is 99.6 Å². The van der Waals surface area contributed by atoms with Gasteiger partial charge in [-0.2, -0.15) is 10.4 Å². The summed E-state index contributed by atoms with van der Waals surface area (Å²) in [6, 6.07) is 24.9. The second-order valence-corrected chi connectivity index (χ2v) is 6.68. The van der Waals surface area contributed by atoms with Crippen LogP contribution in [0.2, 0.25) is 5.02 Å². The number of non-ortho nitro benzene ring substituents is 1. The van der Waals surface area contributed by atoms with Crippen LogP contribution in [0, 0.1) is 21.4 Å². The van der Waals surface area contributed by atoms with Crippen molar-refractivity contribution in [3.63, 3.8) is 0 Å². The third-order valence-corrected chi connectivity index (χ3v) is 4.72. The van der Waals surface area contributed by atoms with Crippen molar-refractivity contribution < 1.29 is 4.92 Å². The van der Waals surface area contributed by atoms with E-state index in [2.05, 4.69) is 11.2 Å². The molecule has 0 atom stereocenters. The summed E-state index contributed by atoms with van der Waals surface area (Å²) in [4.78, 5) is 10.5. The van der Waals surface area contributed by atoms with Crippen LogP contribution in [0.15, 0.2) is 78.9 Å². The van der Waals surface area contributed by atoms with E-state index >= 15 is 0 Å². The van der Waals surface area contributed by atoms with Gasteiger partial charge >= 0.3 is 0 Å². The number of halogens is 1. The first-order valence-electron chi connectivity index (χ1n) is 8.68. The molecule has 0 saturated heterocycles. The Morgan fingerprint density at radius 2 is 1.59 bits per heavy atom. The van der Waals surface area contributed by atoms with Crippen LogP contribution in [0.5, 0.6) is 0 Å². The van der Waals surface area contributed by atoms with Crippen LogP contribution in [0.1, 0.15) is 5.56 Å². The molecule has 140 valence electrons. The van der Waals surface area contributed by atoms with Crippen molar-refractivity contribution in [2.75, 3.05) is 0 Å². The molecule has 0 fully saturated rings. The Kier molecular flexibility index (Phi) is 4.82. The molecule has 4 rings (SSSR count). The molecule has 0 radical (unpaired) electrons. The number of nitriles is 1. The quantitative estimate of drug-likeness (QED) is 0.327. The van der Waals surface area contributed by atoms with Crippen LogP contribution in [0.4, 0.5) is 5.69 Å². The number of aromatic nitrogens is 2. The van der Waals surface area contributed by atoms with Gasteiger partial charge in [0.25, 0.3) is 5.69 Å². The van der Waals surface area contributed by atoms with Gasteiger partial charge in [-0.3, -0.25) is 10.1 Å². The Labute approximate surface area is 171 Å². The number of benzene rings is 3. The average molecular weight is 401 g/mol. The van der Waals surface area contributed by atoms with Gasteiger partial charge in [0.2, 0.25) is 0 Å². The second-order valence-electron chi connectivity index (χ2n) is 6.24. The summed E-state index contributed by atoms with van der Waals surface area (Å²) in [5.74, 6) is 0. The maximum Gasteiger partial charge on any atom is 0.269 e. The highest BCUT2D eigenvalue weighted by molar-refractivity contribution is 6.30. The number of nitro groups is 1. The summed E-state index contributed by atoms with van der Waals surface area (Å²) in [7, 11) is 0. The Balaban J connectivity index is 1.97. The van der Waals surface area contributed by atoms with Gasteiger partial charge in [0.15, 0.2) is 0 Å². The lowest BCUT2D eigenvalue weighted by Crippen LogP contribution is -2.00. The van der Waals surface area contributed by atoms with E-state index in [1.807, 2.05) is 30.3 Å². The molecule has 0 aliphatic rings. The zero-order chi connectivity index (χ0) is 20.4. The lowest BCUT2D eigenvalue weighted by atomic mass is 10.0. The average Bonchev–Trinajstić information content (AvgIpc) is 3.14. The lowest BCUT2D eigenvalue weighted by Gasteiger charge is -2.08. The largest absolute Gasteiger partial charge is 0.269 e. The Morgan fingerprint density at radius 3 is 2.17 bits per heavy atom. The number of nitro benzene ring substituents is 1. The van der Waals surface area contributed by atoms with Crippen molar-refractivity contribution in [1.82, 2.24) is 9.78 Å². The predicted octanol–water partition coefficient (Wildman–Crippen LogP) is 5.64. The molecule has 0 saturated carbocycles. The Hall–Kier alpha value is -3.95. The first kappa shape index (κ1) is 18.4. The monoisotopic (exact) mass is 400 g/mol. The molecule has 1 aromatic heterocycles. The van der Waals surface area contributed by atoms with Crippen LogP contribution in [-0.2, 0) is 0 Å². The van der Waals surface area contributed by atoms with E-state index in [1.54, 1.807) is 41.1 Å². The first-order chi connectivity index (χ1) is 14.1. The van der Waals surface area contributed by atoms with Gasteiger partial charge in [0.1, 0.15) is 17.3 Å². The Bertz CT molecular complexity index is 1230. The van der Waals surface area contributed by atoms with Crippen molar-refractivity contribution in [2.24, 2.45) is 0 Å². The van der Waals surface area contributed by atoms with Crippen LogP contribution >= 0.6 is 11.6 Å². The molecule has 3 aromatic carbocycles. The fourth-order valence-electron chi connectivity index (χ4n) is 3.10. The van der Waals surface area contributed by atoms with E-state index < -0.39 is 4.92 Å². The zero-order valence-corrected chi connectivity index (χ0v) is 15.7. The third kappa shape index (κ3) is 3.47. The van der Waals surface area contributed by atoms with Gasteiger partial charge in [-0.1, -0.05) is 54.1 Å². The van der Waals surface area contributed by atoms with Crippen molar-refractivity contribution in [2.45, 2.75) is 0 Å². The molecule has 0 amide bonds. The molecule has 0 bridgehead atoms. The zero-order valence-electron chi connectivity index (χ0n) is 15.0. The van der Waals surface area contributed by atoms with Crippen LogP contribution in [0.25, 0.3) is 28.2 Å². The molecule has 7 heteroatoms. The molecule has 1 heterocycles. The molecule has 4 aromatic rings. The van der Waals surface area contributed by atoms with Gasteiger partial charge in [-0.05, 0) is 24.3 Å². The Morgan fingerprint density at radius 1 is 0.931 bits per heavy atom. The van der Waals surface area contributed by atoms with Gasteiger partial charge < -0.3 is 0 Å². The molecule has 6 nitrogen and oxygen atoms in total. The third-order valence-electron chi connectivity index (χ3n) is 4.47. The smallest absolute Gasteiger partial charge is 0.258 e. The van der Waals surface area contributed by atoms with Gasteiger partial charge in [0.05, 0.1) is 16.3 Å². The SMILES string of the molecule is N#Cc1c(-c2ccc(Cl)cc2)nn(-c2ccc([N+](=O)[O-])cc2)c1-c1ccccc1. The van der Waals surface area contributed by atoms with E-state index in [-0.39, 0.29) is 5.69 Å². The number of nitrogens with zero attached hydrogens (tertiary/aromatic N) is 4. The van der Waals surface area contributed by atoms with E-state index in [9.17, 15) is 15.4 Å².